The molecule has 4 nitrogen and oxygen atoms in total. The van der Waals surface area contributed by atoms with E-state index in [0.29, 0.717) is 12.2 Å². The molecule has 2 aliphatic heterocycles. The summed E-state index contributed by atoms with van der Waals surface area (Å²) < 4.78 is 10.7. The van der Waals surface area contributed by atoms with E-state index < -0.39 is 0 Å². The average molecular weight is 247 g/mol. The van der Waals surface area contributed by atoms with Crippen LogP contribution in [-0.2, 0) is 22.6 Å². The zero-order valence-corrected chi connectivity index (χ0v) is 10.3. The van der Waals surface area contributed by atoms with E-state index in [2.05, 4.69) is 5.32 Å². The fourth-order valence-corrected chi connectivity index (χ4v) is 2.45. The first-order chi connectivity index (χ1) is 8.83. The summed E-state index contributed by atoms with van der Waals surface area (Å²) in [5.74, 6) is -0.250. The summed E-state index contributed by atoms with van der Waals surface area (Å²) in [5.41, 5.74) is 3.10. The van der Waals surface area contributed by atoms with E-state index in [4.69, 9.17) is 9.47 Å². The molecular formula is C14H17NO3. The first-order valence-electron chi connectivity index (χ1n) is 6.44. The van der Waals surface area contributed by atoms with Gasteiger partial charge < -0.3 is 14.8 Å². The molecule has 2 aliphatic rings. The van der Waals surface area contributed by atoms with Crippen molar-refractivity contribution in [1.29, 1.82) is 0 Å². The van der Waals surface area contributed by atoms with Gasteiger partial charge in [0.2, 0.25) is 0 Å². The molecule has 0 spiro atoms. The van der Waals surface area contributed by atoms with Gasteiger partial charge in [0, 0.05) is 19.7 Å². The number of benzene rings is 1. The van der Waals surface area contributed by atoms with Gasteiger partial charge in [-0.2, -0.15) is 0 Å². The van der Waals surface area contributed by atoms with Gasteiger partial charge in [-0.3, -0.25) is 0 Å². The van der Waals surface area contributed by atoms with Crippen LogP contribution in [0, 0.1) is 0 Å². The SMILES string of the molecule is O=C(OCC1CCCO1)c1ccc2c(c1)CNC2. The van der Waals surface area contributed by atoms with Crippen molar-refractivity contribution in [3.8, 4) is 0 Å². The lowest BCUT2D eigenvalue weighted by molar-refractivity contribution is 0.0161. The summed E-state index contributed by atoms with van der Waals surface area (Å²) in [6.45, 7) is 2.88. The lowest BCUT2D eigenvalue weighted by Gasteiger charge is -2.10. The van der Waals surface area contributed by atoms with Gasteiger partial charge in [0.25, 0.3) is 0 Å². The van der Waals surface area contributed by atoms with Gasteiger partial charge >= 0.3 is 5.97 Å². The molecule has 0 aliphatic carbocycles. The summed E-state index contributed by atoms with van der Waals surface area (Å²) >= 11 is 0. The summed E-state index contributed by atoms with van der Waals surface area (Å²) in [4.78, 5) is 11.9. The molecule has 1 aromatic carbocycles. The molecule has 0 bridgehead atoms. The molecule has 96 valence electrons. The molecular weight excluding hydrogens is 230 g/mol. The van der Waals surface area contributed by atoms with Crippen LogP contribution in [0.2, 0.25) is 0 Å². The number of hydrogen-bond acceptors (Lipinski definition) is 4. The maximum atomic E-state index is 11.9. The Bertz CT molecular complexity index is 452. The van der Waals surface area contributed by atoms with Crippen LogP contribution >= 0.6 is 0 Å². The summed E-state index contributed by atoms with van der Waals surface area (Å²) in [5, 5.41) is 3.26. The maximum Gasteiger partial charge on any atom is 0.338 e. The molecule has 1 N–H and O–H groups in total. The average Bonchev–Trinajstić information content (AvgIpc) is 3.05. The minimum absolute atomic E-state index is 0.0880. The van der Waals surface area contributed by atoms with Crippen molar-refractivity contribution < 1.29 is 14.3 Å². The lowest BCUT2D eigenvalue weighted by atomic mass is 10.1. The van der Waals surface area contributed by atoms with Crippen LogP contribution in [0.1, 0.15) is 34.3 Å². The first kappa shape index (κ1) is 11.7. The molecule has 0 saturated carbocycles. The molecule has 0 radical (unpaired) electrons. The Hall–Kier alpha value is -1.39. The zero-order chi connectivity index (χ0) is 12.4. The predicted molar refractivity (Wildman–Crippen MR) is 66.2 cm³/mol. The molecule has 18 heavy (non-hydrogen) atoms. The van der Waals surface area contributed by atoms with Crippen LogP contribution in [0.4, 0.5) is 0 Å². The number of nitrogens with one attached hydrogen (secondary N) is 1. The minimum Gasteiger partial charge on any atom is -0.459 e. The second-order valence-electron chi connectivity index (χ2n) is 4.82. The number of rotatable bonds is 3. The second-order valence-corrected chi connectivity index (χ2v) is 4.82. The topological polar surface area (TPSA) is 47.6 Å². The monoisotopic (exact) mass is 247 g/mol. The Morgan fingerprint density at radius 2 is 2.28 bits per heavy atom. The Balaban J connectivity index is 1.61. The van der Waals surface area contributed by atoms with Gasteiger partial charge in [-0.15, -0.1) is 0 Å². The molecule has 1 fully saturated rings. The van der Waals surface area contributed by atoms with Crippen LogP contribution in [0.25, 0.3) is 0 Å². The second kappa shape index (κ2) is 5.08. The van der Waals surface area contributed by atoms with Crippen molar-refractivity contribution >= 4 is 5.97 Å². The van der Waals surface area contributed by atoms with E-state index in [0.717, 1.165) is 32.5 Å². The summed E-state index contributed by atoms with van der Waals surface area (Å²) in [6, 6.07) is 5.76. The highest BCUT2D eigenvalue weighted by molar-refractivity contribution is 5.89. The van der Waals surface area contributed by atoms with Gasteiger partial charge in [0.05, 0.1) is 11.7 Å². The van der Waals surface area contributed by atoms with E-state index in [-0.39, 0.29) is 12.1 Å². The van der Waals surface area contributed by atoms with Crippen LogP contribution in [0.15, 0.2) is 18.2 Å². The fraction of sp³-hybridized carbons (Fsp3) is 0.500. The van der Waals surface area contributed by atoms with Gasteiger partial charge in [-0.1, -0.05) is 6.07 Å². The Morgan fingerprint density at radius 1 is 1.39 bits per heavy atom. The van der Waals surface area contributed by atoms with Crippen molar-refractivity contribution in [2.45, 2.75) is 32.0 Å². The van der Waals surface area contributed by atoms with Gasteiger partial charge in [0.1, 0.15) is 6.61 Å². The molecule has 4 heteroatoms. The standard InChI is InChI=1S/C14H17NO3/c16-14(18-9-13-2-1-5-17-13)10-3-4-11-7-15-8-12(11)6-10/h3-4,6,13,15H,1-2,5,7-9H2. The molecule has 0 amide bonds. The third-order valence-corrected chi connectivity index (χ3v) is 3.50. The van der Waals surface area contributed by atoms with E-state index in [1.54, 1.807) is 0 Å². The number of hydrogen-bond donors (Lipinski definition) is 1. The van der Waals surface area contributed by atoms with Crippen molar-refractivity contribution in [2.24, 2.45) is 0 Å². The van der Waals surface area contributed by atoms with Crippen molar-refractivity contribution in [3.63, 3.8) is 0 Å². The number of carbonyl (C=O) groups excluding carboxylic acids is 1. The van der Waals surface area contributed by atoms with Crippen molar-refractivity contribution in [1.82, 2.24) is 5.32 Å². The summed E-state index contributed by atoms with van der Waals surface area (Å²) in [6.07, 6.45) is 2.14. The van der Waals surface area contributed by atoms with Crippen LogP contribution in [-0.4, -0.2) is 25.3 Å². The van der Waals surface area contributed by atoms with Crippen LogP contribution in [0.3, 0.4) is 0 Å². The molecule has 2 heterocycles. The quantitative estimate of drug-likeness (QED) is 0.825. The van der Waals surface area contributed by atoms with Gasteiger partial charge in [-0.25, -0.2) is 4.79 Å². The first-order valence-corrected chi connectivity index (χ1v) is 6.44. The molecule has 1 saturated heterocycles. The molecule has 1 unspecified atom stereocenters. The lowest BCUT2D eigenvalue weighted by Crippen LogP contribution is -2.18. The third kappa shape index (κ3) is 2.40. The Kier molecular flexibility index (Phi) is 3.30. The van der Waals surface area contributed by atoms with E-state index in [9.17, 15) is 4.79 Å². The number of ether oxygens (including phenoxy) is 2. The highest BCUT2D eigenvalue weighted by Crippen LogP contribution is 2.18. The normalized spacial score (nSPS) is 21.9. The zero-order valence-electron chi connectivity index (χ0n) is 10.3. The Labute approximate surface area is 106 Å². The maximum absolute atomic E-state index is 11.9. The molecule has 1 aromatic rings. The predicted octanol–water partition coefficient (Wildman–Crippen LogP) is 1.63. The van der Waals surface area contributed by atoms with Crippen molar-refractivity contribution in [2.75, 3.05) is 13.2 Å². The molecule has 1 atom stereocenters. The Morgan fingerprint density at radius 3 is 3.11 bits per heavy atom. The van der Waals surface area contributed by atoms with Crippen molar-refractivity contribution in [3.05, 3.63) is 34.9 Å². The van der Waals surface area contributed by atoms with Gasteiger partial charge in [0.15, 0.2) is 0 Å². The molecule has 0 aromatic heterocycles. The third-order valence-electron chi connectivity index (χ3n) is 3.50. The van der Waals surface area contributed by atoms with Crippen LogP contribution < -0.4 is 5.32 Å². The van der Waals surface area contributed by atoms with E-state index in [1.807, 2.05) is 18.2 Å². The van der Waals surface area contributed by atoms with Gasteiger partial charge in [-0.05, 0) is 36.1 Å². The van der Waals surface area contributed by atoms with E-state index >= 15 is 0 Å². The number of fused-ring (bicyclic) bond motifs is 1. The van der Waals surface area contributed by atoms with E-state index in [1.165, 1.54) is 11.1 Å². The minimum atomic E-state index is -0.250. The molecule has 3 rings (SSSR count). The summed E-state index contributed by atoms with van der Waals surface area (Å²) in [7, 11) is 0. The number of carbonyl (C=O) groups is 1. The number of esters is 1. The highest BCUT2D eigenvalue weighted by Gasteiger charge is 2.19. The fourth-order valence-electron chi connectivity index (χ4n) is 2.45. The smallest absolute Gasteiger partial charge is 0.338 e. The van der Waals surface area contributed by atoms with Crippen LogP contribution in [0.5, 0.6) is 0 Å². The highest BCUT2D eigenvalue weighted by atomic mass is 16.6. The largest absolute Gasteiger partial charge is 0.459 e.